The van der Waals surface area contributed by atoms with Crippen LogP contribution in [0, 0.1) is 0 Å². The minimum Gasteiger partial charge on any atom is -0.467 e. The summed E-state index contributed by atoms with van der Waals surface area (Å²) >= 11 is 3.96. The predicted molar refractivity (Wildman–Crippen MR) is 89.4 cm³/mol. The second-order valence-electron chi connectivity index (χ2n) is 5.97. The number of esters is 1. The van der Waals surface area contributed by atoms with Crippen LogP contribution in [0.3, 0.4) is 0 Å². The highest BCUT2D eigenvalue weighted by Crippen LogP contribution is 2.08. The van der Waals surface area contributed by atoms with Gasteiger partial charge >= 0.3 is 12.1 Å². The molecule has 0 bridgehead atoms. The Morgan fingerprint density at radius 2 is 1.71 bits per heavy atom. The molecular weight excluding hydrogens is 338 g/mol. The Bertz CT molecular complexity index is 478. The molecule has 24 heavy (non-hydrogen) atoms. The first-order valence-electron chi connectivity index (χ1n) is 7.27. The van der Waals surface area contributed by atoms with E-state index >= 15 is 0 Å². The summed E-state index contributed by atoms with van der Waals surface area (Å²) in [6.45, 7) is 5.00. The van der Waals surface area contributed by atoms with Gasteiger partial charge in [-0.3, -0.25) is 9.59 Å². The van der Waals surface area contributed by atoms with Crippen LogP contribution in [0.4, 0.5) is 4.79 Å². The highest BCUT2D eigenvalue weighted by molar-refractivity contribution is 7.80. The summed E-state index contributed by atoms with van der Waals surface area (Å²) in [6, 6.07) is -2.08. The van der Waals surface area contributed by atoms with E-state index in [2.05, 4.69) is 28.0 Å². The highest BCUT2D eigenvalue weighted by atomic mass is 32.1. The van der Waals surface area contributed by atoms with Crippen molar-refractivity contribution in [3.05, 3.63) is 0 Å². The van der Waals surface area contributed by atoms with Gasteiger partial charge in [-0.05, 0) is 27.2 Å². The zero-order valence-corrected chi connectivity index (χ0v) is 15.1. The Labute approximate surface area is 146 Å². The molecule has 0 rings (SSSR count). The summed E-state index contributed by atoms with van der Waals surface area (Å²) in [7, 11) is 1.18. The molecule has 0 fully saturated rings. The molecule has 3 amide bonds. The van der Waals surface area contributed by atoms with Crippen LogP contribution in [0.1, 0.15) is 33.6 Å². The number of hydrogen-bond donors (Lipinski definition) is 4. The predicted octanol–water partition coefficient (Wildman–Crippen LogP) is -0.267. The van der Waals surface area contributed by atoms with Crippen LogP contribution in [0.15, 0.2) is 0 Å². The Balaban J connectivity index is 4.97. The molecule has 0 aromatic carbocycles. The molecule has 0 aromatic rings. The fraction of sp³-hybridized carbons (Fsp3) is 0.714. The van der Waals surface area contributed by atoms with E-state index in [-0.39, 0.29) is 18.6 Å². The second-order valence-corrected chi connectivity index (χ2v) is 6.34. The maximum absolute atomic E-state index is 12.3. The van der Waals surface area contributed by atoms with E-state index in [0.717, 1.165) is 0 Å². The zero-order chi connectivity index (χ0) is 18.9. The third-order valence-corrected chi connectivity index (χ3v) is 3.04. The fourth-order valence-electron chi connectivity index (χ4n) is 1.60. The van der Waals surface area contributed by atoms with Crippen LogP contribution in [0.2, 0.25) is 0 Å². The molecule has 4 N–H and O–H groups in total. The third kappa shape index (κ3) is 9.23. The molecule has 0 aliphatic carbocycles. The number of carbonyl (C=O) groups excluding carboxylic acids is 4. The normalized spacial score (nSPS) is 13.4. The molecule has 0 heterocycles. The monoisotopic (exact) mass is 363 g/mol. The number of methoxy groups -OCH3 is 1. The standard InChI is InChI=1S/C14H25N3O6S/c1-14(2,3)23-13(21)17-8(5-6-10(15)18)11(19)16-9(7-24)12(20)22-4/h8-9,24H,5-7H2,1-4H3,(H2,15,18)(H,16,19)(H,17,21)/t8-,9-/m0/s1. The van der Waals surface area contributed by atoms with Gasteiger partial charge in [-0.15, -0.1) is 0 Å². The second kappa shape index (κ2) is 10.0. The molecule has 0 aromatic heterocycles. The van der Waals surface area contributed by atoms with Crippen LogP contribution in [0.25, 0.3) is 0 Å². The smallest absolute Gasteiger partial charge is 0.408 e. The summed E-state index contributed by atoms with van der Waals surface area (Å²) in [5.74, 6) is -1.97. The summed E-state index contributed by atoms with van der Waals surface area (Å²) in [4.78, 5) is 46.5. The SMILES string of the molecule is COC(=O)[C@H](CS)NC(=O)[C@H](CCC(N)=O)NC(=O)OC(C)(C)C. The average molecular weight is 363 g/mol. The molecule has 0 unspecified atom stereocenters. The van der Waals surface area contributed by atoms with Crippen molar-refractivity contribution < 1.29 is 28.7 Å². The van der Waals surface area contributed by atoms with E-state index in [1.54, 1.807) is 20.8 Å². The van der Waals surface area contributed by atoms with Crippen LogP contribution in [0.5, 0.6) is 0 Å². The van der Waals surface area contributed by atoms with Crippen LogP contribution in [-0.2, 0) is 23.9 Å². The lowest BCUT2D eigenvalue weighted by atomic mass is 10.1. The summed E-state index contributed by atoms with van der Waals surface area (Å²) < 4.78 is 9.61. The van der Waals surface area contributed by atoms with Gasteiger partial charge in [0.1, 0.15) is 17.7 Å². The maximum atomic E-state index is 12.3. The minimum atomic E-state index is -1.10. The van der Waals surface area contributed by atoms with Gasteiger partial charge in [0.15, 0.2) is 0 Å². The van der Waals surface area contributed by atoms with Crippen molar-refractivity contribution >= 4 is 36.5 Å². The van der Waals surface area contributed by atoms with Gasteiger partial charge in [-0.25, -0.2) is 9.59 Å². The summed E-state index contributed by atoms with van der Waals surface area (Å²) in [6.07, 6.45) is -0.994. The van der Waals surface area contributed by atoms with E-state index in [1.165, 1.54) is 7.11 Å². The lowest BCUT2D eigenvalue weighted by Gasteiger charge is -2.24. The molecule has 138 valence electrons. The molecule has 10 heteroatoms. The van der Waals surface area contributed by atoms with Gasteiger partial charge < -0.3 is 25.8 Å². The number of nitrogens with one attached hydrogen (secondary N) is 2. The van der Waals surface area contributed by atoms with Gasteiger partial charge in [-0.2, -0.15) is 12.6 Å². The Morgan fingerprint density at radius 1 is 1.12 bits per heavy atom. The summed E-state index contributed by atoms with van der Waals surface area (Å²) in [5, 5.41) is 4.75. The first kappa shape index (κ1) is 22.0. The van der Waals surface area contributed by atoms with Gasteiger partial charge in [0.2, 0.25) is 11.8 Å². The maximum Gasteiger partial charge on any atom is 0.408 e. The minimum absolute atomic E-state index is 0.00733. The lowest BCUT2D eigenvalue weighted by Crippen LogP contribution is -2.53. The zero-order valence-electron chi connectivity index (χ0n) is 14.3. The van der Waals surface area contributed by atoms with Gasteiger partial charge in [0.05, 0.1) is 7.11 Å². The number of rotatable bonds is 8. The molecule has 0 saturated heterocycles. The van der Waals surface area contributed by atoms with Crippen molar-refractivity contribution in [1.29, 1.82) is 0 Å². The average Bonchev–Trinajstić information content (AvgIpc) is 2.45. The molecule has 0 aliphatic rings. The topological polar surface area (TPSA) is 137 Å². The number of primary amides is 1. The lowest BCUT2D eigenvalue weighted by molar-refractivity contribution is -0.144. The van der Waals surface area contributed by atoms with Crippen LogP contribution in [-0.4, -0.2) is 54.4 Å². The number of hydrogen-bond acceptors (Lipinski definition) is 7. The van der Waals surface area contributed by atoms with Crippen molar-refractivity contribution in [1.82, 2.24) is 10.6 Å². The first-order valence-corrected chi connectivity index (χ1v) is 7.90. The first-order chi connectivity index (χ1) is 11.0. The molecule has 0 radical (unpaired) electrons. The molecule has 9 nitrogen and oxygen atoms in total. The Morgan fingerprint density at radius 3 is 2.12 bits per heavy atom. The van der Waals surface area contributed by atoms with Crippen molar-refractivity contribution in [2.75, 3.05) is 12.9 Å². The Hall–Kier alpha value is -1.97. The van der Waals surface area contributed by atoms with Crippen LogP contribution < -0.4 is 16.4 Å². The summed E-state index contributed by atoms with van der Waals surface area (Å²) in [5.41, 5.74) is 4.31. The van der Waals surface area contributed by atoms with Crippen molar-refractivity contribution in [2.24, 2.45) is 5.73 Å². The molecule has 0 aliphatic heterocycles. The number of thiol groups is 1. The molecular formula is C14H25N3O6S. The Kier molecular flexibility index (Phi) is 9.19. The van der Waals surface area contributed by atoms with Crippen molar-refractivity contribution in [2.45, 2.75) is 51.3 Å². The van der Waals surface area contributed by atoms with Gasteiger partial charge in [0.25, 0.3) is 0 Å². The highest BCUT2D eigenvalue weighted by Gasteiger charge is 2.28. The quantitative estimate of drug-likeness (QED) is 0.346. The largest absolute Gasteiger partial charge is 0.467 e. The third-order valence-electron chi connectivity index (χ3n) is 2.67. The molecule has 0 saturated carbocycles. The van der Waals surface area contributed by atoms with E-state index in [4.69, 9.17) is 10.5 Å². The fourth-order valence-corrected chi connectivity index (χ4v) is 1.84. The van der Waals surface area contributed by atoms with Gasteiger partial charge in [0, 0.05) is 12.2 Å². The van der Waals surface area contributed by atoms with Crippen LogP contribution >= 0.6 is 12.6 Å². The number of carbonyl (C=O) groups is 4. The number of amides is 3. The van der Waals surface area contributed by atoms with Crippen molar-refractivity contribution in [3.8, 4) is 0 Å². The molecule has 0 spiro atoms. The number of ether oxygens (including phenoxy) is 2. The van der Waals surface area contributed by atoms with Crippen molar-refractivity contribution in [3.63, 3.8) is 0 Å². The number of alkyl carbamates (subject to hydrolysis) is 1. The van der Waals surface area contributed by atoms with E-state index in [1.807, 2.05) is 0 Å². The van der Waals surface area contributed by atoms with E-state index < -0.39 is 41.6 Å². The number of nitrogens with two attached hydrogens (primary N) is 1. The van der Waals surface area contributed by atoms with E-state index in [0.29, 0.717) is 0 Å². The van der Waals surface area contributed by atoms with E-state index in [9.17, 15) is 19.2 Å². The molecule has 2 atom stereocenters. The van der Waals surface area contributed by atoms with Gasteiger partial charge in [-0.1, -0.05) is 0 Å².